The number of rotatable bonds is 9. The molecule has 0 fully saturated rings. The zero-order valence-corrected chi connectivity index (χ0v) is 14.5. The molecule has 0 amide bonds. The molecular weight excluding hydrogens is 318 g/mol. The Morgan fingerprint density at radius 1 is 1.15 bits per heavy atom. The van der Waals surface area contributed by atoms with Gasteiger partial charge in [-0.2, -0.15) is 0 Å². The summed E-state index contributed by atoms with van der Waals surface area (Å²) in [6.07, 6.45) is 4.85. The molecule has 1 rings (SSSR count). The van der Waals surface area contributed by atoms with Gasteiger partial charge < -0.3 is 14.8 Å². The highest BCUT2D eigenvalue weighted by Gasteiger charge is 2.19. The van der Waals surface area contributed by atoms with Crippen LogP contribution in [0.1, 0.15) is 51.1 Å². The van der Waals surface area contributed by atoms with E-state index in [0.717, 1.165) is 28.9 Å². The van der Waals surface area contributed by atoms with Crippen LogP contribution in [0.5, 0.6) is 11.5 Å². The normalized spacial score (nSPS) is 12.2. The number of methoxy groups -OCH3 is 2. The van der Waals surface area contributed by atoms with Crippen LogP contribution in [0.25, 0.3) is 0 Å². The fourth-order valence-corrected chi connectivity index (χ4v) is 3.09. The molecule has 4 heteroatoms. The fourth-order valence-electron chi connectivity index (χ4n) is 2.40. The van der Waals surface area contributed by atoms with Gasteiger partial charge in [0.1, 0.15) is 16.0 Å². The van der Waals surface area contributed by atoms with Crippen molar-refractivity contribution in [3.05, 3.63) is 22.2 Å². The predicted octanol–water partition coefficient (Wildman–Crippen LogP) is 4.70. The third-order valence-electron chi connectivity index (χ3n) is 3.44. The Bertz CT molecular complexity index is 410. The van der Waals surface area contributed by atoms with Crippen LogP contribution in [0.2, 0.25) is 0 Å². The van der Waals surface area contributed by atoms with Crippen molar-refractivity contribution in [1.29, 1.82) is 0 Å². The van der Waals surface area contributed by atoms with Crippen LogP contribution in [0.4, 0.5) is 0 Å². The summed E-state index contributed by atoms with van der Waals surface area (Å²) in [7, 11) is 3.38. The van der Waals surface area contributed by atoms with E-state index in [-0.39, 0.29) is 0 Å². The molecule has 1 N–H and O–H groups in total. The van der Waals surface area contributed by atoms with E-state index >= 15 is 0 Å². The zero-order chi connectivity index (χ0) is 15.0. The van der Waals surface area contributed by atoms with Crippen LogP contribution < -0.4 is 14.8 Å². The van der Waals surface area contributed by atoms with Gasteiger partial charge in [0.15, 0.2) is 0 Å². The molecule has 0 radical (unpaired) electrons. The highest BCUT2D eigenvalue weighted by Crippen LogP contribution is 2.40. The summed E-state index contributed by atoms with van der Waals surface area (Å²) in [6.45, 7) is 5.31. The zero-order valence-electron chi connectivity index (χ0n) is 13.0. The average molecular weight is 344 g/mol. The number of hydrogen-bond donors (Lipinski definition) is 1. The molecule has 1 atom stereocenters. The highest BCUT2D eigenvalue weighted by molar-refractivity contribution is 9.10. The lowest BCUT2D eigenvalue weighted by atomic mass is 9.99. The molecule has 0 saturated carbocycles. The Morgan fingerprint density at radius 2 is 1.90 bits per heavy atom. The highest BCUT2D eigenvalue weighted by atomic mass is 79.9. The van der Waals surface area contributed by atoms with Gasteiger partial charge in [-0.15, -0.1) is 0 Å². The van der Waals surface area contributed by atoms with Crippen LogP contribution in [-0.2, 0) is 0 Å². The van der Waals surface area contributed by atoms with Crippen LogP contribution in [0, 0.1) is 0 Å². The van der Waals surface area contributed by atoms with E-state index in [1.807, 2.05) is 6.07 Å². The predicted molar refractivity (Wildman–Crippen MR) is 87.8 cm³/mol. The molecule has 1 aromatic carbocycles. The first-order chi connectivity index (χ1) is 9.69. The molecule has 1 unspecified atom stereocenters. The van der Waals surface area contributed by atoms with Gasteiger partial charge in [-0.1, -0.05) is 33.1 Å². The quantitative estimate of drug-likeness (QED) is 0.659. The Labute approximate surface area is 131 Å². The van der Waals surface area contributed by atoms with Crippen molar-refractivity contribution in [2.75, 3.05) is 20.8 Å². The first kappa shape index (κ1) is 17.3. The maximum atomic E-state index is 5.59. The minimum Gasteiger partial charge on any atom is -0.495 e. The number of unbranched alkanes of at least 4 members (excludes halogenated alkanes) is 2. The molecule has 114 valence electrons. The maximum absolute atomic E-state index is 5.59. The molecule has 0 heterocycles. The fraction of sp³-hybridized carbons (Fsp3) is 0.625. The lowest BCUT2D eigenvalue weighted by Crippen LogP contribution is -2.21. The molecule has 1 aromatic rings. The molecule has 0 bridgehead atoms. The second-order valence-electron chi connectivity index (χ2n) is 4.81. The lowest BCUT2D eigenvalue weighted by molar-refractivity contribution is 0.376. The van der Waals surface area contributed by atoms with Gasteiger partial charge in [-0.05, 0) is 41.0 Å². The Morgan fingerprint density at radius 3 is 2.45 bits per heavy atom. The summed E-state index contributed by atoms with van der Waals surface area (Å²) in [5.74, 6) is 1.67. The van der Waals surface area contributed by atoms with E-state index in [4.69, 9.17) is 9.47 Å². The Kier molecular flexibility index (Phi) is 8.00. The first-order valence-corrected chi connectivity index (χ1v) is 8.12. The van der Waals surface area contributed by atoms with E-state index in [0.29, 0.717) is 6.04 Å². The SMILES string of the molecule is CCCCCC(NCC)c1ccc(OC)c(Br)c1OC. The number of hydrogen-bond acceptors (Lipinski definition) is 3. The topological polar surface area (TPSA) is 30.5 Å². The lowest BCUT2D eigenvalue weighted by Gasteiger charge is -2.22. The van der Waals surface area contributed by atoms with Crippen LogP contribution in [0.15, 0.2) is 16.6 Å². The molecule has 0 aliphatic carbocycles. The minimum atomic E-state index is 0.323. The monoisotopic (exact) mass is 343 g/mol. The molecule has 0 spiro atoms. The molecule has 0 aliphatic rings. The molecular formula is C16H26BrNO2. The van der Waals surface area contributed by atoms with Gasteiger partial charge in [0.25, 0.3) is 0 Å². The standard InChI is InChI=1S/C16H26BrNO2/c1-5-7-8-9-13(18-6-2)12-10-11-14(19-3)15(17)16(12)20-4/h10-11,13,18H,5-9H2,1-4H3. The third-order valence-corrected chi connectivity index (χ3v) is 4.19. The second kappa shape index (κ2) is 9.24. The van der Waals surface area contributed by atoms with Crippen molar-refractivity contribution in [3.63, 3.8) is 0 Å². The minimum absolute atomic E-state index is 0.323. The van der Waals surface area contributed by atoms with Gasteiger partial charge in [0, 0.05) is 11.6 Å². The van der Waals surface area contributed by atoms with Crippen LogP contribution >= 0.6 is 15.9 Å². The third kappa shape index (κ3) is 4.38. The molecule has 0 aliphatic heterocycles. The molecule has 3 nitrogen and oxygen atoms in total. The number of ether oxygens (including phenoxy) is 2. The number of benzene rings is 1. The molecule has 20 heavy (non-hydrogen) atoms. The van der Waals surface area contributed by atoms with E-state index < -0.39 is 0 Å². The molecule has 0 aromatic heterocycles. The van der Waals surface area contributed by atoms with E-state index in [1.54, 1.807) is 14.2 Å². The Balaban J connectivity index is 3.02. The van der Waals surface area contributed by atoms with Crippen molar-refractivity contribution in [2.24, 2.45) is 0 Å². The largest absolute Gasteiger partial charge is 0.495 e. The van der Waals surface area contributed by atoms with E-state index in [2.05, 4.69) is 41.2 Å². The summed E-state index contributed by atoms with van der Waals surface area (Å²) in [6, 6.07) is 4.41. The van der Waals surface area contributed by atoms with Crippen molar-refractivity contribution in [1.82, 2.24) is 5.32 Å². The van der Waals surface area contributed by atoms with E-state index in [1.165, 1.54) is 24.8 Å². The summed E-state index contributed by atoms with van der Waals surface area (Å²) < 4.78 is 11.8. The van der Waals surface area contributed by atoms with Crippen LogP contribution in [-0.4, -0.2) is 20.8 Å². The van der Waals surface area contributed by atoms with Crippen LogP contribution in [0.3, 0.4) is 0 Å². The first-order valence-electron chi connectivity index (χ1n) is 7.33. The van der Waals surface area contributed by atoms with Gasteiger partial charge in [0.05, 0.1) is 14.2 Å². The van der Waals surface area contributed by atoms with Crippen molar-refractivity contribution >= 4 is 15.9 Å². The molecule has 0 saturated heterocycles. The summed E-state index contributed by atoms with van der Waals surface area (Å²) in [5, 5.41) is 3.56. The van der Waals surface area contributed by atoms with Gasteiger partial charge in [-0.3, -0.25) is 0 Å². The van der Waals surface area contributed by atoms with Crippen molar-refractivity contribution in [3.8, 4) is 11.5 Å². The number of halogens is 1. The Hall–Kier alpha value is -0.740. The smallest absolute Gasteiger partial charge is 0.141 e. The van der Waals surface area contributed by atoms with E-state index in [9.17, 15) is 0 Å². The average Bonchev–Trinajstić information content (AvgIpc) is 2.46. The van der Waals surface area contributed by atoms with Gasteiger partial charge in [-0.25, -0.2) is 0 Å². The van der Waals surface area contributed by atoms with Gasteiger partial charge >= 0.3 is 0 Å². The summed E-state index contributed by atoms with van der Waals surface area (Å²) >= 11 is 3.58. The summed E-state index contributed by atoms with van der Waals surface area (Å²) in [4.78, 5) is 0. The second-order valence-corrected chi connectivity index (χ2v) is 5.60. The summed E-state index contributed by atoms with van der Waals surface area (Å²) in [5.41, 5.74) is 1.19. The maximum Gasteiger partial charge on any atom is 0.141 e. The van der Waals surface area contributed by atoms with Crippen molar-refractivity contribution < 1.29 is 9.47 Å². The number of nitrogens with one attached hydrogen (secondary N) is 1. The van der Waals surface area contributed by atoms with Gasteiger partial charge in [0.2, 0.25) is 0 Å². The van der Waals surface area contributed by atoms with Crippen molar-refractivity contribution in [2.45, 2.75) is 45.6 Å².